The highest BCUT2D eigenvalue weighted by atomic mass is 32.2. The number of fused-ring (bicyclic) bond motifs is 1. The lowest BCUT2D eigenvalue weighted by molar-refractivity contribution is -0.113. The van der Waals surface area contributed by atoms with E-state index in [-0.39, 0.29) is 11.7 Å². The van der Waals surface area contributed by atoms with Gasteiger partial charge in [-0.15, -0.1) is 10.2 Å². The third-order valence-corrected chi connectivity index (χ3v) is 5.27. The van der Waals surface area contributed by atoms with Crippen LogP contribution in [0.1, 0.15) is 0 Å². The van der Waals surface area contributed by atoms with Crippen molar-refractivity contribution in [1.29, 1.82) is 0 Å². The molecule has 0 aliphatic rings. The van der Waals surface area contributed by atoms with Crippen LogP contribution in [0.5, 0.6) is 11.5 Å². The largest absolute Gasteiger partial charge is 0.493 e. The number of hydrogen-bond acceptors (Lipinski definition) is 7. The highest BCUT2D eigenvalue weighted by Gasteiger charge is 2.13. The Bertz CT molecular complexity index is 1250. The first-order valence-corrected chi connectivity index (χ1v) is 10.2. The summed E-state index contributed by atoms with van der Waals surface area (Å²) in [6.07, 6.45) is 0. The van der Waals surface area contributed by atoms with Gasteiger partial charge in [0, 0.05) is 11.3 Å². The van der Waals surface area contributed by atoms with Gasteiger partial charge in [-0.2, -0.15) is 9.61 Å². The maximum atomic E-state index is 13.3. The van der Waals surface area contributed by atoms with E-state index < -0.39 is 5.82 Å². The molecule has 2 heterocycles. The van der Waals surface area contributed by atoms with E-state index in [9.17, 15) is 9.18 Å². The molecule has 4 aromatic rings. The van der Waals surface area contributed by atoms with E-state index in [4.69, 9.17) is 9.47 Å². The average Bonchev–Trinajstić information content (AvgIpc) is 3.19. The fourth-order valence-electron chi connectivity index (χ4n) is 2.90. The van der Waals surface area contributed by atoms with E-state index >= 15 is 0 Å². The number of carbonyl (C=O) groups excluding carboxylic acids is 1. The van der Waals surface area contributed by atoms with E-state index in [1.165, 1.54) is 30.0 Å². The van der Waals surface area contributed by atoms with Gasteiger partial charge < -0.3 is 14.8 Å². The first-order chi connectivity index (χ1) is 15.1. The minimum atomic E-state index is -0.416. The Labute approximate surface area is 181 Å². The number of hydrogen-bond donors (Lipinski definition) is 1. The van der Waals surface area contributed by atoms with Gasteiger partial charge in [0.15, 0.2) is 17.1 Å². The second kappa shape index (κ2) is 9.00. The molecular weight excluding hydrogens is 421 g/mol. The summed E-state index contributed by atoms with van der Waals surface area (Å²) in [6.45, 7) is 0. The maximum Gasteiger partial charge on any atom is 0.234 e. The maximum absolute atomic E-state index is 13.3. The Morgan fingerprint density at radius 1 is 1.06 bits per heavy atom. The Balaban J connectivity index is 1.53. The molecule has 4 rings (SSSR count). The Morgan fingerprint density at radius 3 is 2.68 bits per heavy atom. The number of rotatable bonds is 7. The second-order valence-electron chi connectivity index (χ2n) is 6.39. The van der Waals surface area contributed by atoms with Crippen molar-refractivity contribution in [1.82, 2.24) is 19.8 Å². The van der Waals surface area contributed by atoms with Crippen molar-refractivity contribution < 1.29 is 18.7 Å². The zero-order valence-electron chi connectivity index (χ0n) is 16.7. The number of benzene rings is 2. The lowest BCUT2D eigenvalue weighted by atomic mass is 10.1. The average molecular weight is 439 g/mol. The molecule has 0 unspecified atom stereocenters. The van der Waals surface area contributed by atoms with Gasteiger partial charge in [0.2, 0.25) is 11.1 Å². The third-order valence-electron chi connectivity index (χ3n) is 4.35. The summed E-state index contributed by atoms with van der Waals surface area (Å²) in [5, 5.41) is 15.9. The summed E-state index contributed by atoms with van der Waals surface area (Å²) in [7, 11) is 3.15. The quantitative estimate of drug-likeness (QED) is 0.439. The molecule has 0 spiro atoms. The summed E-state index contributed by atoms with van der Waals surface area (Å²) in [6, 6.07) is 14.9. The molecule has 2 aromatic heterocycles. The predicted octanol–water partition coefficient (Wildman–Crippen LogP) is 3.68. The number of aromatic nitrogens is 4. The summed E-state index contributed by atoms with van der Waals surface area (Å²) in [5.41, 5.74) is 2.45. The molecule has 8 nitrogen and oxygen atoms in total. The lowest BCUT2D eigenvalue weighted by Gasteiger charge is -2.09. The van der Waals surface area contributed by atoms with Gasteiger partial charge in [-0.25, -0.2) is 4.39 Å². The molecule has 0 bridgehead atoms. The number of nitrogens with zero attached hydrogens (tertiary/aromatic N) is 4. The van der Waals surface area contributed by atoms with Gasteiger partial charge in [0.25, 0.3) is 0 Å². The molecule has 0 radical (unpaired) electrons. The summed E-state index contributed by atoms with van der Waals surface area (Å²) >= 11 is 1.18. The van der Waals surface area contributed by atoms with Crippen molar-refractivity contribution in [3.63, 3.8) is 0 Å². The van der Waals surface area contributed by atoms with Gasteiger partial charge in [0.1, 0.15) is 5.82 Å². The highest BCUT2D eigenvalue weighted by molar-refractivity contribution is 7.99. The normalized spacial score (nSPS) is 10.8. The van der Waals surface area contributed by atoms with Crippen molar-refractivity contribution in [2.45, 2.75) is 5.16 Å². The topological polar surface area (TPSA) is 90.6 Å². The molecule has 1 amide bonds. The monoisotopic (exact) mass is 439 g/mol. The Morgan fingerprint density at radius 2 is 1.90 bits per heavy atom. The SMILES string of the molecule is COc1ccc(-c2ccc3nnc(SCC(=O)Nc4cccc(F)c4)n3n2)cc1OC. The summed E-state index contributed by atoms with van der Waals surface area (Å²) in [5.74, 6) is 0.579. The molecular formula is C21H18FN5O3S. The first-order valence-electron chi connectivity index (χ1n) is 9.20. The van der Waals surface area contributed by atoms with Crippen LogP contribution in [0.4, 0.5) is 10.1 Å². The number of thioether (sulfide) groups is 1. The van der Waals surface area contributed by atoms with Gasteiger partial charge in [0.05, 0.1) is 25.7 Å². The molecule has 31 heavy (non-hydrogen) atoms. The van der Waals surface area contributed by atoms with Gasteiger partial charge >= 0.3 is 0 Å². The van der Waals surface area contributed by atoms with Gasteiger partial charge in [-0.05, 0) is 48.5 Å². The summed E-state index contributed by atoms with van der Waals surface area (Å²) < 4.78 is 25.5. The molecule has 0 aliphatic carbocycles. The van der Waals surface area contributed by atoms with Crippen molar-refractivity contribution in [2.24, 2.45) is 0 Å². The Kier molecular flexibility index (Phi) is 5.99. The molecule has 0 fully saturated rings. The minimum absolute atomic E-state index is 0.0690. The number of carbonyl (C=O) groups is 1. The van der Waals surface area contributed by atoms with Crippen LogP contribution < -0.4 is 14.8 Å². The molecule has 0 saturated heterocycles. The molecule has 10 heteroatoms. The Hall–Kier alpha value is -3.66. The molecule has 2 aromatic carbocycles. The standard InChI is InChI=1S/C21H18FN5O3S/c1-29-17-8-6-13(10-18(17)30-2)16-7-9-19-24-25-21(27(19)26-16)31-12-20(28)23-15-5-3-4-14(22)11-15/h3-11H,12H2,1-2H3,(H,23,28). The van der Waals surface area contributed by atoms with Gasteiger partial charge in [-0.1, -0.05) is 17.8 Å². The van der Waals surface area contributed by atoms with Crippen LogP contribution in [-0.2, 0) is 4.79 Å². The van der Waals surface area contributed by atoms with Crippen LogP contribution in [0.15, 0.2) is 59.8 Å². The number of ether oxygens (including phenoxy) is 2. The fraction of sp³-hybridized carbons (Fsp3) is 0.143. The highest BCUT2D eigenvalue weighted by Crippen LogP contribution is 2.31. The van der Waals surface area contributed by atoms with Crippen LogP contribution >= 0.6 is 11.8 Å². The van der Waals surface area contributed by atoms with Crippen molar-refractivity contribution in [2.75, 3.05) is 25.3 Å². The fourth-order valence-corrected chi connectivity index (χ4v) is 3.59. The van der Waals surface area contributed by atoms with Crippen LogP contribution in [0.3, 0.4) is 0 Å². The summed E-state index contributed by atoms with van der Waals surface area (Å²) in [4.78, 5) is 12.2. The first kappa shape index (κ1) is 20.6. The number of amides is 1. The lowest BCUT2D eigenvalue weighted by Crippen LogP contribution is -2.14. The van der Waals surface area contributed by atoms with Crippen LogP contribution in [0, 0.1) is 5.82 Å². The predicted molar refractivity (Wildman–Crippen MR) is 115 cm³/mol. The van der Waals surface area contributed by atoms with Gasteiger partial charge in [-0.3, -0.25) is 4.79 Å². The van der Waals surface area contributed by atoms with Crippen LogP contribution in [-0.4, -0.2) is 45.7 Å². The van der Waals surface area contributed by atoms with Crippen molar-refractivity contribution >= 4 is 29.0 Å². The molecule has 0 saturated carbocycles. The zero-order valence-corrected chi connectivity index (χ0v) is 17.5. The zero-order chi connectivity index (χ0) is 21.8. The number of methoxy groups -OCH3 is 2. The number of nitrogens with one attached hydrogen (secondary N) is 1. The second-order valence-corrected chi connectivity index (χ2v) is 7.33. The minimum Gasteiger partial charge on any atom is -0.493 e. The molecule has 1 N–H and O–H groups in total. The van der Waals surface area contributed by atoms with Crippen LogP contribution in [0.25, 0.3) is 16.9 Å². The third kappa shape index (κ3) is 4.58. The number of halogens is 1. The smallest absolute Gasteiger partial charge is 0.234 e. The van der Waals surface area contributed by atoms with E-state index in [0.717, 1.165) is 5.56 Å². The molecule has 0 aliphatic heterocycles. The van der Waals surface area contributed by atoms with Crippen LogP contribution in [0.2, 0.25) is 0 Å². The molecule has 0 atom stereocenters. The van der Waals surface area contributed by atoms with Crippen molar-refractivity contribution in [3.05, 3.63) is 60.4 Å². The van der Waals surface area contributed by atoms with E-state index in [1.807, 2.05) is 18.2 Å². The van der Waals surface area contributed by atoms with E-state index in [2.05, 4.69) is 20.6 Å². The number of anilines is 1. The molecule has 158 valence electrons. The van der Waals surface area contributed by atoms with E-state index in [0.29, 0.717) is 33.7 Å². The van der Waals surface area contributed by atoms with E-state index in [1.54, 1.807) is 36.9 Å². The van der Waals surface area contributed by atoms with Crippen molar-refractivity contribution in [3.8, 4) is 22.8 Å².